The SMILES string of the molecule is CC(C)(C)OC(=O)N(N)Cc1ccccc1Br. The molecule has 5 heteroatoms. The molecule has 2 N–H and O–H groups in total. The molecular weight excluding hydrogens is 284 g/mol. The smallest absolute Gasteiger partial charge is 0.424 e. The highest BCUT2D eigenvalue weighted by Gasteiger charge is 2.20. The maximum atomic E-state index is 11.6. The summed E-state index contributed by atoms with van der Waals surface area (Å²) in [4.78, 5) is 11.6. The minimum Gasteiger partial charge on any atom is -0.443 e. The molecular formula is C12H17BrN2O2. The molecule has 0 saturated heterocycles. The van der Waals surface area contributed by atoms with Crippen molar-refractivity contribution in [3.05, 3.63) is 34.3 Å². The fourth-order valence-electron chi connectivity index (χ4n) is 1.20. The number of ether oxygens (including phenoxy) is 1. The number of benzene rings is 1. The Balaban J connectivity index is 2.64. The molecule has 0 atom stereocenters. The molecule has 0 radical (unpaired) electrons. The van der Waals surface area contributed by atoms with Crippen molar-refractivity contribution in [1.82, 2.24) is 5.01 Å². The van der Waals surface area contributed by atoms with E-state index in [0.29, 0.717) is 6.54 Å². The van der Waals surface area contributed by atoms with Gasteiger partial charge in [-0.25, -0.2) is 15.6 Å². The van der Waals surface area contributed by atoms with Crippen LogP contribution in [0.5, 0.6) is 0 Å². The van der Waals surface area contributed by atoms with Gasteiger partial charge in [-0.3, -0.25) is 0 Å². The fraction of sp³-hybridized carbons (Fsp3) is 0.417. The predicted molar refractivity (Wildman–Crippen MR) is 70.1 cm³/mol. The van der Waals surface area contributed by atoms with Gasteiger partial charge in [0, 0.05) is 4.47 Å². The van der Waals surface area contributed by atoms with Crippen molar-refractivity contribution < 1.29 is 9.53 Å². The zero-order chi connectivity index (χ0) is 13.1. The average molecular weight is 301 g/mol. The molecule has 94 valence electrons. The second-order valence-electron chi connectivity index (χ2n) is 4.70. The number of halogens is 1. The van der Waals surface area contributed by atoms with Gasteiger partial charge in [-0.1, -0.05) is 34.1 Å². The van der Waals surface area contributed by atoms with E-state index < -0.39 is 11.7 Å². The van der Waals surface area contributed by atoms with E-state index in [1.165, 1.54) is 0 Å². The highest BCUT2D eigenvalue weighted by Crippen LogP contribution is 2.17. The molecule has 0 aliphatic heterocycles. The third-order valence-electron chi connectivity index (χ3n) is 1.93. The molecule has 0 aliphatic rings. The minimum atomic E-state index is -0.539. The predicted octanol–water partition coefficient (Wildman–Crippen LogP) is 3.06. The maximum absolute atomic E-state index is 11.6. The molecule has 1 rings (SSSR count). The summed E-state index contributed by atoms with van der Waals surface area (Å²) in [7, 11) is 0. The van der Waals surface area contributed by atoms with E-state index in [1.807, 2.05) is 24.3 Å². The normalized spacial score (nSPS) is 11.1. The number of carbonyl (C=O) groups excluding carboxylic acids is 1. The van der Waals surface area contributed by atoms with Crippen LogP contribution in [0.1, 0.15) is 26.3 Å². The van der Waals surface area contributed by atoms with Crippen LogP contribution in [-0.2, 0) is 11.3 Å². The Morgan fingerprint density at radius 1 is 1.41 bits per heavy atom. The fourth-order valence-corrected chi connectivity index (χ4v) is 1.61. The topological polar surface area (TPSA) is 55.6 Å². The Morgan fingerprint density at radius 2 is 2.00 bits per heavy atom. The van der Waals surface area contributed by atoms with Crippen LogP contribution in [0.25, 0.3) is 0 Å². The number of amides is 1. The van der Waals surface area contributed by atoms with Crippen molar-refractivity contribution in [3.63, 3.8) is 0 Å². The number of hydrogen-bond acceptors (Lipinski definition) is 3. The number of hydrazine groups is 1. The summed E-state index contributed by atoms with van der Waals surface area (Å²) in [5, 5.41) is 1.06. The van der Waals surface area contributed by atoms with Gasteiger partial charge in [0.25, 0.3) is 0 Å². The van der Waals surface area contributed by atoms with Gasteiger partial charge in [0.15, 0.2) is 0 Å². The maximum Gasteiger partial charge on any atom is 0.424 e. The molecule has 0 fully saturated rings. The third-order valence-corrected chi connectivity index (χ3v) is 2.70. The number of carbonyl (C=O) groups is 1. The number of nitrogens with two attached hydrogens (primary N) is 1. The summed E-state index contributed by atoms with van der Waals surface area (Å²) in [6.45, 7) is 5.71. The van der Waals surface area contributed by atoms with Crippen molar-refractivity contribution >= 4 is 22.0 Å². The van der Waals surface area contributed by atoms with E-state index >= 15 is 0 Å². The summed E-state index contributed by atoms with van der Waals surface area (Å²) >= 11 is 3.40. The summed E-state index contributed by atoms with van der Waals surface area (Å²) in [5.41, 5.74) is 0.392. The standard InChI is InChI=1S/C12H17BrN2O2/c1-12(2,3)17-11(16)15(14)8-9-6-4-5-7-10(9)13/h4-7H,8,14H2,1-3H3. The molecule has 1 amide bonds. The Morgan fingerprint density at radius 3 is 2.53 bits per heavy atom. The number of nitrogens with zero attached hydrogens (tertiary/aromatic N) is 1. The summed E-state index contributed by atoms with van der Waals surface area (Å²) in [5.74, 6) is 5.66. The van der Waals surface area contributed by atoms with Crippen LogP contribution in [0.3, 0.4) is 0 Å². The molecule has 0 bridgehead atoms. The van der Waals surface area contributed by atoms with Crippen LogP contribution in [0.2, 0.25) is 0 Å². The van der Waals surface area contributed by atoms with Gasteiger partial charge in [-0.15, -0.1) is 0 Å². The van der Waals surface area contributed by atoms with Crippen LogP contribution >= 0.6 is 15.9 Å². The minimum absolute atomic E-state index is 0.302. The van der Waals surface area contributed by atoms with E-state index in [2.05, 4.69) is 15.9 Å². The molecule has 4 nitrogen and oxygen atoms in total. The average Bonchev–Trinajstić information content (AvgIpc) is 2.18. The first-order chi connectivity index (χ1) is 7.79. The number of rotatable bonds is 2. The molecule has 0 heterocycles. The largest absolute Gasteiger partial charge is 0.443 e. The van der Waals surface area contributed by atoms with Gasteiger partial charge in [-0.05, 0) is 32.4 Å². The Bertz CT molecular complexity index is 402. The van der Waals surface area contributed by atoms with Gasteiger partial charge in [0.1, 0.15) is 5.60 Å². The van der Waals surface area contributed by atoms with Crippen molar-refractivity contribution in [1.29, 1.82) is 0 Å². The monoisotopic (exact) mass is 300 g/mol. The van der Waals surface area contributed by atoms with E-state index in [-0.39, 0.29) is 0 Å². The van der Waals surface area contributed by atoms with Crippen molar-refractivity contribution in [2.24, 2.45) is 5.84 Å². The molecule has 0 saturated carbocycles. The van der Waals surface area contributed by atoms with Gasteiger partial charge in [0.05, 0.1) is 6.54 Å². The first-order valence-corrected chi connectivity index (χ1v) is 6.07. The lowest BCUT2D eigenvalue weighted by atomic mass is 10.2. The second kappa shape index (κ2) is 5.51. The van der Waals surface area contributed by atoms with Gasteiger partial charge < -0.3 is 4.74 Å². The van der Waals surface area contributed by atoms with E-state index in [0.717, 1.165) is 15.0 Å². The third kappa shape index (κ3) is 4.75. The molecule has 0 spiro atoms. The van der Waals surface area contributed by atoms with Crippen LogP contribution in [-0.4, -0.2) is 16.7 Å². The van der Waals surface area contributed by atoms with Gasteiger partial charge >= 0.3 is 6.09 Å². The Kier molecular flexibility index (Phi) is 4.54. The first kappa shape index (κ1) is 14.0. The zero-order valence-corrected chi connectivity index (χ0v) is 11.8. The molecule has 1 aromatic carbocycles. The highest BCUT2D eigenvalue weighted by atomic mass is 79.9. The van der Waals surface area contributed by atoms with Crippen molar-refractivity contribution in [2.45, 2.75) is 32.9 Å². The second-order valence-corrected chi connectivity index (χ2v) is 5.55. The highest BCUT2D eigenvalue weighted by molar-refractivity contribution is 9.10. The lowest BCUT2D eigenvalue weighted by Crippen LogP contribution is -2.40. The van der Waals surface area contributed by atoms with Crippen molar-refractivity contribution in [2.75, 3.05) is 0 Å². The number of hydrogen-bond donors (Lipinski definition) is 1. The van der Waals surface area contributed by atoms with Gasteiger partial charge in [-0.2, -0.15) is 0 Å². The van der Waals surface area contributed by atoms with E-state index in [4.69, 9.17) is 10.6 Å². The summed E-state index contributed by atoms with van der Waals surface area (Å²) < 4.78 is 6.07. The lowest BCUT2D eigenvalue weighted by Gasteiger charge is -2.24. The van der Waals surface area contributed by atoms with Crippen LogP contribution < -0.4 is 5.84 Å². The van der Waals surface area contributed by atoms with E-state index in [9.17, 15) is 4.79 Å². The van der Waals surface area contributed by atoms with Gasteiger partial charge in [0.2, 0.25) is 0 Å². The van der Waals surface area contributed by atoms with E-state index in [1.54, 1.807) is 20.8 Å². The molecule has 0 aliphatic carbocycles. The molecule has 0 aromatic heterocycles. The first-order valence-electron chi connectivity index (χ1n) is 5.28. The zero-order valence-electron chi connectivity index (χ0n) is 10.2. The van der Waals surface area contributed by atoms with Crippen LogP contribution in [0.4, 0.5) is 4.79 Å². The quantitative estimate of drug-likeness (QED) is 0.519. The lowest BCUT2D eigenvalue weighted by molar-refractivity contribution is 0.0231. The van der Waals surface area contributed by atoms with Crippen molar-refractivity contribution in [3.8, 4) is 0 Å². The Hall–Kier alpha value is -1.07. The summed E-state index contributed by atoms with van der Waals surface area (Å²) in [6, 6.07) is 7.59. The van der Waals surface area contributed by atoms with Crippen LogP contribution in [0.15, 0.2) is 28.7 Å². The molecule has 1 aromatic rings. The molecule has 0 unspecified atom stereocenters. The summed E-state index contributed by atoms with van der Waals surface area (Å²) in [6.07, 6.45) is -0.534. The van der Waals surface area contributed by atoms with Crippen LogP contribution in [0, 0.1) is 0 Å². The molecule has 17 heavy (non-hydrogen) atoms. The Labute approximate surface area is 110 Å².